The van der Waals surface area contributed by atoms with E-state index >= 15 is 0 Å². The molecule has 0 spiro atoms. The van der Waals surface area contributed by atoms with Crippen molar-refractivity contribution in [2.75, 3.05) is 0 Å². The molecule has 1 aromatic rings. The Kier molecular flexibility index (Phi) is 8.23. The normalized spacial score (nSPS) is 13.9. The first kappa shape index (κ1) is 17.6. The molecule has 1 nitrogen and oxygen atoms in total. The van der Waals surface area contributed by atoms with Gasteiger partial charge in [0.15, 0.2) is 0 Å². The summed E-state index contributed by atoms with van der Waals surface area (Å²) in [6.07, 6.45) is 20.1. The molecule has 1 N–H and O–H groups in total. The standard InChI is InChI=1S/C12H17N.C9H8/c1-3-11(2)9-10-13-12-7-5-4-6-8-12;1-3-9-6-4-8(2)5-7-9/h3,5,7-10,13H,4,6H2,1-2H3;1,4-7H,2H3/b10-9+,11-3-;. The second kappa shape index (κ2) is 10.3. The van der Waals surface area contributed by atoms with E-state index in [9.17, 15) is 0 Å². The van der Waals surface area contributed by atoms with Crippen molar-refractivity contribution < 1.29 is 0 Å². The fourth-order valence-electron chi connectivity index (χ4n) is 1.74. The molecule has 0 radical (unpaired) electrons. The zero-order chi connectivity index (χ0) is 16.2. The van der Waals surface area contributed by atoms with Gasteiger partial charge in [-0.1, -0.05) is 47.4 Å². The fourth-order valence-corrected chi connectivity index (χ4v) is 1.74. The molecule has 0 aliphatic heterocycles. The molecule has 1 aromatic carbocycles. The van der Waals surface area contributed by atoms with Crippen molar-refractivity contribution in [3.63, 3.8) is 0 Å². The number of benzene rings is 1. The topological polar surface area (TPSA) is 12.0 Å². The van der Waals surface area contributed by atoms with Gasteiger partial charge in [-0.3, -0.25) is 0 Å². The molecule has 1 aliphatic carbocycles. The van der Waals surface area contributed by atoms with Gasteiger partial charge in [-0.2, -0.15) is 0 Å². The Bertz CT molecular complexity index is 604. The lowest BCUT2D eigenvalue weighted by molar-refractivity contribution is 0.968. The number of aryl methyl sites for hydroxylation is 1. The van der Waals surface area contributed by atoms with Crippen molar-refractivity contribution in [1.29, 1.82) is 0 Å². The molecule has 2 rings (SSSR count). The van der Waals surface area contributed by atoms with Crippen LogP contribution in [-0.4, -0.2) is 0 Å². The predicted octanol–water partition coefficient (Wildman–Crippen LogP) is 5.27. The molecule has 114 valence electrons. The van der Waals surface area contributed by atoms with Crippen LogP contribution in [0.25, 0.3) is 0 Å². The number of rotatable bonds is 3. The van der Waals surface area contributed by atoms with Crippen LogP contribution in [0.15, 0.2) is 72.1 Å². The Labute approximate surface area is 135 Å². The van der Waals surface area contributed by atoms with Crippen molar-refractivity contribution in [3.8, 4) is 12.3 Å². The third-order valence-electron chi connectivity index (χ3n) is 3.26. The Morgan fingerprint density at radius 2 is 1.95 bits per heavy atom. The van der Waals surface area contributed by atoms with Gasteiger partial charge in [0.05, 0.1) is 0 Å². The quantitative estimate of drug-likeness (QED) is 0.591. The van der Waals surface area contributed by atoms with Crippen LogP contribution in [0.3, 0.4) is 0 Å². The summed E-state index contributed by atoms with van der Waals surface area (Å²) in [5.74, 6) is 2.55. The molecule has 0 unspecified atom stereocenters. The molecule has 22 heavy (non-hydrogen) atoms. The fraction of sp³-hybridized carbons (Fsp3) is 0.238. The maximum absolute atomic E-state index is 5.15. The molecular weight excluding hydrogens is 266 g/mol. The summed E-state index contributed by atoms with van der Waals surface area (Å²) in [5, 5.41) is 3.24. The molecule has 1 heteroatoms. The molecule has 0 bridgehead atoms. The van der Waals surface area contributed by atoms with Crippen LogP contribution < -0.4 is 5.32 Å². The predicted molar refractivity (Wildman–Crippen MR) is 97.3 cm³/mol. The van der Waals surface area contributed by atoms with Crippen molar-refractivity contribution in [3.05, 3.63) is 83.2 Å². The minimum Gasteiger partial charge on any atom is -0.362 e. The minimum absolute atomic E-state index is 0.945. The van der Waals surface area contributed by atoms with E-state index in [1.807, 2.05) is 44.3 Å². The lowest BCUT2D eigenvalue weighted by Gasteiger charge is -2.05. The van der Waals surface area contributed by atoms with Gasteiger partial charge in [0, 0.05) is 17.5 Å². The Balaban J connectivity index is 0.000000235. The maximum Gasteiger partial charge on any atom is 0.0336 e. The zero-order valence-electron chi connectivity index (χ0n) is 13.8. The summed E-state index contributed by atoms with van der Waals surface area (Å²) >= 11 is 0. The zero-order valence-corrected chi connectivity index (χ0v) is 13.8. The van der Waals surface area contributed by atoms with E-state index in [1.165, 1.54) is 23.3 Å². The van der Waals surface area contributed by atoms with E-state index in [0.29, 0.717) is 0 Å². The van der Waals surface area contributed by atoms with Crippen LogP contribution in [0.2, 0.25) is 0 Å². The van der Waals surface area contributed by atoms with Crippen molar-refractivity contribution >= 4 is 0 Å². The smallest absolute Gasteiger partial charge is 0.0336 e. The first-order chi connectivity index (χ1) is 10.7. The molecule has 0 heterocycles. The molecule has 0 atom stereocenters. The molecule has 1 aliphatic rings. The van der Waals surface area contributed by atoms with E-state index in [-0.39, 0.29) is 0 Å². The Hall–Kier alpha value is -2.46. The van der Waals surface area contributed by atoms with E-state index in [0.717, 1.165) is 12.0 Å². The number of terminal acetylenes is 1. The molecule has 0 fully saturated rings. The van der Waals surface area contributed by atoms with Crippen molar-refractivity contribution in [2.24, 2.45) is 0 Å². The van der Waals surface area contributed by atoms with Gasteiger partial charge in [-0.15, -0.1) is 6.42 Å². The van der Waals surface area contributed by atoms with Crippen molar-refractivity contribution in [1.82, 2.24) is 5.32 Å². The number of nitrogens with one attached hydrogen (secondary N) is 1. The summed E-state index contributed by atoms with van der Waals surface area (Å²) in [5.41, 5.74) is 4.66. The first-order valence-electron chi connectivity index (χ1n) is 7.61. The summed E-state index contributed by atoms with van der Waals surface area (Å²) in [7, 11) is 0. The van der Waals surface area contributed by atoms with Crippen LogP contribution in [0, 0.1) is 19.3 Å². The van der Waals surface area contributed by atoms with Gasteiger partial charge in [-0.05, 0) is 57.9 Å². The SMILES string of the molecule is C#Cc1ccc(C)cc1.C/C=C(C)\C=C\NC1=CCCC=C1. The van der Waals surface area contributed by atoms with E-state index < -0.39 is 0 Å². The van der Waals surface area contributed by atoms with Crippen molar-refractivity contribution in [2.45, 2.75) is 33.6 Å². The van der Waals surface area contributed by atoms with Crippen LogP contribution >= 0.6 is 0 Å². The highest BCUT2D eigenvalue weighted by molar-refractivity contribution is 5.33. The average molecular weight is 291 g/mol. The number of allylic oxidation sites excluding steroid dienone is 6. The third kappa shape index (κ3) is 7.36. The van der Waals surface area contributed by atoms with Gasteiger partial charge in [-0.25, -0.2) is 0 Å². The summed E-state index contributed by atoms with van der Waals surface area (Å²) in [6, 6.07) is 7.90. The summed E-state index contributed by atoms with van der Waals surface area (Å²) in [4.78, 5) is 0. The van der Waals surface area contributed by atoms with Crippen LogP contribution in [0.5, 0.6) is 0 Å². The number of hydrogen-bond acceptors (Lipinski definition) is 1. The van der Waals surface area contributed by atoms with E-state index in [1.54, 1.807) is 0 Å². The summed E-state index contributed by atoms with van der Waals surface area (Å²) in [6.45, 7) is 6.17. The lowest BCUT2D eigenvalue weighted by atomic mass is 10.1. The average Bonchev–Trinajstić information content (AvgIpc) is 2.57. The molecule has 0 amide bonds. The summed E-state index contributed by atoms with van der Waals surface area (Å²) < 4.78 is 0. The van der Waals surface area contributed by atoms with Gasteiger partial charge in [0.2, 0.25) is 0 Å². The van der Waals surface area contributed by atoms with Crippen LogP contribution in [0.1, 0.15) is 37.8 Å². The van der Waals surface area contributed by atoms with Crippen LogP contribution in [-0.2, 0) is 0 Å². The second-order valence-corrected chi connectivity index (χ2v) is 5.16. The monoisotopic (exact) mass is 291 g/mol. The Morgan fingerprint density at radius 3 is 2.50 bits per heavy atom. The molecule has 0 saturated heterocycles. The molecule has 0 saturated carbocycles. The minimum atomic E-state index is 0.945. The third-order valence-corrected chi connectivity index (χ3v) is 3.26. The highest BCUT2D eigenvalue weighted by Gasteiger charge is 1.92. The molecule has 0 aromatic heterocycles. The lowest BCUT2D eigenvalue weighted by Crippen LogP contribution is -2.03. The first-order valence-corrected chi connectivity index (χ1v) is 7.61. The van der Waals surface area contributed by atoms with Gasteiger partial charge < -0.3 is 5.32 Å². The largest absolute Gasteiger partial charge is 0.362 e. The van der Waals surface area contributed by atoms with E-state index in [2.05, 4.69) is 48.5 Å². The van der Waals surface area contributed by atoms with Gasteiger partial charge in [0.1, 0.15) is 0 Å². The van der Waals surface area contributed by atoms with Gasteiger partial charge in [0.25, 0.3) is 0 Å². The second-order valence-electron chi connectivity index (χ2n) is 5.16. The van der Waals surface area contributed by atoms with E-state index in [4.69, 9.17) is 6.42 Å². The maximum atomic E-state index is 5.15. The molecular formula is C21H25N. The Morgan fingerprint density at radius 1 is 1.23 bits per heavy atom. The highest BCUT2D eigenvalue weighted by Crippen LogP contribution is 2.06. The highest BCUT2D eigenvalue weighted by atomic mass is 14.8. The number of hydrogen-bond donors (Lipinski definition) is 1. The van der Waals surface area contributed by atoms with Crippen LogP contribution in [0.4, 0.5) is 0 Å². The van der Waals surface area contributed by atoms with Gasteiger partial charge >= 0.3 is 0 Å².